The van der Waals surface area contributed by atoms with Gasteiger partial charge in [-0.1, -0.05) is 0 Å². The van der Waals surface area contributed by atoms with Crippen molar-refractivity contribution in [3.63, 3.8) is 0 Å². The van der Waals surface area contributed by atoms with Gasteiger partial charge in [0.25, 0.3) is 0 Å². The van der Waals surface area contributed by atoms with Gasteiger partial charge in [-0.15, -0.1) is 13.2 Å². The van der Waals surface area contributed by atoms with E-state index in [1.165, 1.54) is 0 Å². The van der Waals surface area contributed by atoms with E-state index in [9.17, 15) is 0 Å². The molecule has 0 N–H and O–H groups in total. The first kappa shape index (κ1) is 22.4. The molecule has 55 valence electrons. The molecule has 1 radical (unpaired) electrons. The number of halogens is 2. The van der Waals surface area contributed by atoms with E-state index in [0.29, 0.717) is 0 Å². The zero-order valence-corrected chi connectivity index (χ0v) is 9.53. The van der Waals surface area contributed by atoms with Gasteiger partial charge in [-0.25, -0.2) is 12.1 Å². The maximum absolute atomic E-state index is 3.00. The molecule has 1 rings (SSSR count). The first-order chi connectivity index (χ1) is 3.50. The Hall–Kier alpha value is 0.553. The first-order valence-electron chi connectivity index (χ1n) is 2.17. The van der Waals surface area contributed by atoms with E-state index < -0.39 is 0 Å². The minimum atomic E-state index is 0. The molecule has 0 aliphatic carbocycles. The minimum Gasteiger partial charge on any atom is -1.00 e. The predicted molar refractivity (Wildman–Crippen MR) is 33.3 cm³/mol. The molecule has 0 spiro atoms. The molecule has 1 aromatic rings. The molecule has 0 aromatic heterocycles. The summed E-state index contributed by atoms with van der Waals surface area (Å²) in [7, 11) is 0. The van der Waals surface area contributed by atoms with Crippen LogP contribution in [0.3, 0.4) is 0 Å². The van der Waals surface area contributed by atoms with E-state index >= 15 is 0 Å². The van der Waals surface area contributed by atoms with Crippen LogP contribution in [0.1, 0.15) is 0 Å². The maximum atomic E-state index is 3.00. The van der Waals surface area contributed by atoms with Gasteiger partial charge < -0.3 is 24.8 Å². The molecule has 0 aliphatic heterocycles. The van der Waals surface area contributed by atoms with Crippen molar-refractivity contribution in [1.29, 1.82) is 0 Å². The minimum absolute atomic E-state index is 0. The Morgan fingerprint density at radius 1 is 0.900 bits per heavy atom. The molecule has 0 atom stereocenters. The van der Waals surface area contributed by atoms with Crippen LogP contribution < -0.4 is 24.8 Å². The van der Waals surface area contributed by atoms with Gasteiger partial charge in [0.05, 0.1) is 0 Å². The quantitative estimate of drug-likeness (QED) is 0.330. The van der Waals surface area contributed by atoms with Crippen molar-refractivity contribution in [3.05, 3.63) is 43.5 Å². The summed E-state index contributed by atoms with van der Waals surface area (Å²) in [6, 6.07) is 10.0. The van der Waals surface area contributed by atoms with Gasteiger partial charge in [-0.05, 0) is 0 Å². The molecule has 3 heteroatoms. The van der Waals surface area contributed by atoms with Crippen molar-refractivity contribution in [2.24, 2.45) is 0 Å². The molecule has 0 nitrogen and oxygen atoms in total. The van der Waals surface area contributed by atoms with Crippen molar-refractivity contribution >= 4 is 0 Å². The summed E-state index contributed by atoms with van der Waals surface area (Å²) in [5.41, 5.74) is 0. The van der Waals surface area contributed by atoms with E-state index in [1.807, 2.05) is 30.3 Å². The number of hydrogen-bond donors (Lipinski definition) is 0. The second-order valence-electron chi connectivity index (χ2n) is 0.962. The number of hydrogen-bond acceptors (Lipinski definition) is 0. The van der Waals surface area contributed by atoms with E-state index in [1.54, 1.807) is 0 Å². The Labute approximate surface area is 94.0 Å². The molecule has 10 heavy (non-hydrogen) atoms. The Balaban J connectivity index is -0.0000000337. The second-order valence-corrected chi connectivity index (χ2v) is 0.962. The van der Waals surface area contributed by atoms with E-state index in [0.717, 1.165) is 0 Å². The van der Waals surface area contributed by atoms with Crippen LogP contribution >= 0.6 is 0 Å². The van der Waals surface area contributed by atoms with Gasteiger partial charge in [0.1, 0.15) is 0 Å². The molecular weight excluding hydrogens is 246 g/mol. The van der Waals surface area contributed by atoms with Crippen LogP contribution in [-0.4, -0.2) is 0 Å². The summed E-state index contributed by atoms with van der Waals surface area (Å²) in [6.45, 7) is 6.00. The van der Waals surface area contributed by atoms with Gasteiger partial charge in [0, 0.05) is 0 Å². The predicted octanol–water partition coefficient (Wildman–Crippen LogP) is -3.79. The second kappa shape index (κ2) is 22.7. The van der Waals surface area contributed by atoms with Crippen LogP contribution in [-0.2, 0) is 26.2 Å². The molecule has 0 amide bonds. The first-order valence-corrected chi connectivity index (χ1v) is 2.17. The fourth-order valence-corrected chi connectivity index (χ4v) is 0.321. The molecular formula is C7H9Cl2Zr. The maximum Gasteiger partial charge on any atom is 3.00 e. The van der Waals surface area contributed by atoms with Crippen LogP contribution in [0.4, 0.5) is 0 Å². The van der Waals surface area contributed by atoms with Crippen molar-refractivity contribution in [2.75, 3.05) is 0 Å². The van der Waals surface area contributed by atoms with Crippen LogP contribution in [0.2, 0.25) is 0 Å². The molecule has 0 saturated heterocycles. The van der Waals surface area contributed by atoms with Crippen LogP contribution in [0.25, 0.3) is 0 Å². The molecule has 0 saturated carbocycles. The SMILES string of the molecule is C=C.[Cl-].[Cl-].[Zr+3].c1cc[cH-]c1. The summed E-state index contributed by atoms with van der Waals surface area (Å²) < 4.78 is 0. The Kier molecular flexibility index (Phi) is 50.8. The fraction of sp³-hybridized carbons (Fsp3) is 0. The monoisotopic (exact) mass is 253 g/mol. The molecule has 1 aromatic carbocycles. The van der Waals surface area contributed by atoms with Gasteiger partial charge in [-0.3, -0.25) is 0 Å². The summed E-state index contributed by atoms with van der Waals surface area (Å²) in [6.07, 6.45) is 0. The molecule has 0 bridgehead atoms. The summed E-state index contributed by atoms with van der Waals surface area (Å²) >= 11 is 0. The number of rotatable bonds is 0. The molecule has 0 fully saturated rings. The average Bonchev–Trinajstić information content (AvgIpc) is 2.23. The third-order valence-corrected chi connectivity index (χ3v) is 0.556. The zero-order valence-electron chi connectivity index (χ0n) is 5.56. The summed E-state index contributed by atoms with van der Waals surface area (Å²) in [4.78, 5) is 0. The summed E-state index contributed by atoms with van der Waals surface area (Å²) in [5, 5.41) is 0. The van der Waals surface area contributed by atoms with Gasteiger partial charge >= 0.3 is 26.2 Å². The molecule has 0 heterocycles. The van der Waals surface area contributed by atoms with Gasteiger partial charge in [0.15, 0.2) is 0 Å². The van der Waals surface area contributed by atoms with E-state index in [-0.39, 0.29) is 51.0 Å². The van der Waals surface area contributed by atoms with Crippen molar-refractivity contribution in [3.8, 4) is 0 Å². The third kappa shape index (κ3) is 15.8. The Morgan fingerprint density at radius 2 is 1.20 bits per heavy atom. The molecule has 0 aliphatic rings. The average molecular weight is 255 g/mol. The van der Waals surface area contributed by atoms with Gasteiger partial charge in [0.2, 0.25) is 0 Å². The van der Waals surface area contributed by atoms with E-state index in [4.69, 9.17) is 0 Å². The smallest absolute Gasteiger partial charge is 1.00 e. The normalized spacial score (nSPS) is 4.40. The summed E-state index contributed by atoms with van der Waals surface area (Å²) in [5.74, 6) is 0. The molecule has 0 unspecified atom stereocenters. The van der Waals surface area contributed by atoms with E-state index in [2.05, 4.69) is 13.2 Å². The Morgan fingerprint density at radius 3 is 1.30 bits per heavy atom. The van der Waals surface area contributed by atoms with Crippen molar-refractivity contribution in [1.82, 2.24) is 0 Å². The van der Waals surface area contributed by atoms with Crippen molar-refractivity contribution in [2.45, 2.75) is 0 Å². The zero-order chi connectivity index (χ0) is 5.54. The standard InChI is InChI=1S/C5H5.C2H4.2ClH.Zr/c1-2-4-5-3-1;1-2;;;/h1-5H;1-2H2;2*1H;/q-1;;;;+3/p-2. The largest absolute Gasteiger partial charge is 3.00 e. The van der Waals surface area contributed by atoms with Crippen LogP contribution in [0, 0.1) is 0 Å². The van der Waals surface area contributed by atoms with Gasteiger partial charge in [-0.2, -0.15) is 18.2 Å². The Bertz CT molecular complexity index is 78.5. The fourth-order valence-electron chi connectivity index (χ4n) is 0.321. The van der Waals surface area contributed by atoms with Crippen LogP contribution in [0.5, 0.6) is 0 Å². The van der Waals surface area contributed by atoms with Crippen LogP contribution in [0.15, 0.2) is 43.5 Å². The third-order valence-electron chi connectivity index (χ3n) is 0.556. The van der Waals surface area contributed by atoms with Crippen molar-refractivity contribution < 1.29 is 51.0 Å². The topological polar surface area (TPSA) is 0 Å².